The first kappa shape index (κ1) is 16.2. The van der Waals surface area contributed by atoms with Crippen LogP contribution >= 0.6 is 11.6 Å². The third-order valence-electron chi connectivity index (χ3n) is 4.11. The van der Waals surface area contributed by atoms with Crippen molar-refractivity contribution in [2.24, 2.45) is 5.73 Å². The van der Waals surface area contributed by atoms with Gasteiger partial charge < -0.3 is 10.6 Å². The Hall–Kier alpha value is -1.21. The van der Waals surface area contributed by atoms with Crippen LogP contribution in [0, 0.1) is 0 Å². The highest BCUT2D eigenvalue weighted by Gasteiger charge is 2.40. The smallest absolute Gasteiger partial charge is 0.252 e. The van der Waals surface area contributed by atoms with Crippen LogP contribution in [0.4, 0.5) is 5.82 Å². The van der Waals surface area contributed by atoms with Crippen LogP contribution in [0.3, 0.4) is 0 Å². The zero-order chi connectivity index (χ0) is 15.6. The molecule has 8 heteroatoms. The Morgan fingerprint density at radius 1 is 1.48 bits per heavy atom. The first-order valence-electron chi connectivity index (χ1n) is 6.90. The molecule has 2 heterocycles. The molecule has 1 aromatic rings. The Kier molecular flexibility index (Phi) is 4.83. The molecule has 0 aromatic carbocycles. The fraction of sp³-hybridized carbons (Fsp3) is 0.615. The van der Waals surface area contributed by atoms with E-state index in [1.54, 1.807) is 0 Å². The molecule has 1 atom stereocenters. The molecule has 0 spiro atoms. The molecule has 1 unspecified atom stereocenters. The molecule has 21 heavy (non-hydrogen) atoms. The molecule has 1 saturated heterocycles. The van der Waals surface area contributed by atoms with E-state index >= 15 is 0 Å². The van der Waals surface area contributed by atoms with E-state index in [2.05, 4.69) is 10.2 Å². The van der Waals surface area contributed by atoms with Crippen LogP contribution in [0.1, 0.15) is 37.0 Å². The first-order chi connectivity index (χ1) is 9.93. The van der Waals surface area contributed by atoms with Crippen molar-refractivity contribution >= 4 is 34.1 Å². The highest BCUT2D eigenvalue weighted by atomic mass is 35.5. The van der Waals surface area contributed by atoms with Gasteiger partial charge in [-0.25, -0.2) is 0 Å². The number of halogens is 1. The van der Waals surface area contributed by atoms with Gasteiger partial charge in [0.2, 0.25) is 0 Å². The van der Waals surface area contributed by atoms with Gasteiger partial charge in [0.1, 0.15) is 0 Å². The summed E-state index contributed by atoms with van der Waals surface area (Å²) in [4.78, 5) is 13.5. The van der Waals surface area contributed by atoms with Gasteiger partial charge in [0, 0.05) is 29.6 Å². The molecule has 6 nitrogen and oxygen atoms in total. The number of hydrogen-bond donors (Lipinski definition) is 1. The Morgan fingerprint density at radius 2 is 2.14 bits per heavy atom. The van der Waals surface area contributed by atoms with Gasteiger partial charge in [-0.3, -0.25) is 9.00 Å². The van der Waals surface area contributed by atoms with Crippen LogP contribution in [0.15, 0.2) is 6.07 Å². The lowest BCUT2D eigenvalue weighted by atomic mass is 10.0. The van der Waals surface area contributed by atoms with Crippen LogP contribution in [-0.4, -0.2) is 43.9 Å². The maximum Gasteiger partial charge on any atom is 0.252 e. The number of rotatable bonds is 4. The van der Waals surface area contributed by atoms with Crippen LogP contribution in [0.25, 0.3) is 0 Å². The number of nitrogens with zero attached hydrogens (tertiary/aromatic N) is 3. The fourth-order valence-corrected chi connectivity index (χ4v) is 4.57. The predicted octanol–water partition coefficient (Wildman–Crippen LogP) is 1.36. The van der Waals surface area contributed by atoms with Gasteiger partial charge in [0.25, 0.3) is 5.91 Å². The maximum atomic E-state index is 12.4. The zero-order valence-corrected chi connectivity index (χ0v) is 13.7. The molecule has 1 amide bonds. The van der Waals surface area contributed by atoms with Crippen molar-refractivity contribution < 1.29 is 9.00 Å². The van der Waals surface area contributed by atoms with Gasteiger partial charge in [0.15, 0.2) is 11.0 Å². The summed E-state index contributed by atoms with van der Waals surface area (Å²) in [5.74, 6) is 0.381. The minimum Gasteiger partial charge on any atom is -0.365 e. The summed E-state index contributed by atoms with van der Waals surface area (Å²) in [6.07, 6.45) is 1.61. The van der Waals surface area contributed by atoms with Gasteiger partial charge >= 0.3 is 0 Å². The third kappa shape index (κ3) is 3.03. The lowest BCUT2D eigenvalue weighted by molar-refractivity contribution is 0.1000. The van der Waals surface area contributed by atoms with Gasteiger partial charge in [-0.05, 0) is 18.9 Å². The molecule has 116 valence electrons. The topological polar surface area (TPSA) is 89.2 Å². The number of amides is 1. The second-order valence-corrected chi connectivity index (χ2v) is 7.48. The monoisotopic (exact) mass is 330 g/mol. The Morgan fingerprint density at radius 3 is 2.71 bits per heavy atom. The van der Waals surface area contributed by atoms with Crippen molar-refractivity contribution in [3.8, 4) is 0 Å². The van der Waals surface area contributed by atoms with E-state index in [1.165, 1.54) is 6.07 Å². The Bertz CT molecular complexity index is 577. The molecule has 2 rings (SSSR count). The summed E-state index contributed by atoms with van der Waals surface area (Å²) in [5.41, 5.74) is 5.65. The maximum absolute atomic E-state index is 12.4. The lowest BCUT2D eigenvalue weighted by Gasteiger charge is -2.41. The molecule has 1 aromatic heterocycles. The lowest BCUT2D eigenvalue weighted by Crippen LogP contribution is -2.53. The van der Waals surface area contributed by atoms with Crippen LogP contribution in [-0.2, 0) is 10.8 Å². The molecule has 2 N–H and O–H groups in total. The highest BCUT2D eigenvalue weighted by Crippen LogP contribution is 2.31. The average molecular weight is 331 g/mol. The molecule has 0 bridgehead atoms. The highest BCUT2D eigenvalue weighted by molar-refractivity contribution is 7.86. The largest absolute Gasteiger partial charge is 0.365 e. The zero-order valence-electron chi connectivity index (χ0n) is 12.1. The molecule has 1 aliphatic heterocycles. The summed E-state index contributed by atoms with van der Waals surface area (Å²) in [6, 6.07) is 1.43. The van der Waals surface area contributed by atoms with Gasteiger partial charge in [0.05, 0.1) is 10.3 Å². The number of primary amides is 1. The van der Waals surface area contributed by atoms with E-state index < -0.39 is 16.7 Å². The summed E-state index contributed by atoms with van der Waals surface area (Å²) in [5, 5.41) is 7.96. The number of aromatic nitrogens is 2. The van der Waals surface area contributed by atoms with Crippen molar-refractivity contribution in [2.45, 2.75) is 31.4 Å². The van der Waals surface area contributed by atoms with Crippen LogP contribution in [0.2, 0.25) is 5.15 Å². The van der Waals surface area contributed by atoms with E-state index in [1.807, 2.05) is 18.7 Å². The fourth-order valence-electron chi connectivity index (χ4n) is 2.66. The summed E-state index contributed by atoms with van der Waals surface area (Å²) < 4.78 is 12.1. The van der Waals surface area contributed by atoms with E-state index in [0.29, 0.717) is 24.7 Å². The van der Waals surface area contributed by atoms with Gasteiger partial charge in [-0.2, -0.15) is 0 Å². The Labute approximate surface area is 131 Å². The molecule has 1 fully saturated rings. The first-order valence-corrected chi connectivity index (χ1v) is 8.59. The molecule has 0 radical (unpaired) electrons. The number of carbonyl (C=O) groups excluding carboxylic acids is 1. The van der Waals surface area contributed by atoms with E-state index in [0.717, 1.165) is 12.8 Å². The van der Waals surface area contributed by atoms with Crippen molar-refractivity contribution in [1.29, 1.82) is 0 Å². The van der Waals surface area contributed by atoms with Crippen LogP contribution < -0.4 is 10.6 Å². The minimum absolute atomic E-state index is 0.130. The number of carbonyl (C=O) groups is 1. The summed E-state index contributed by atoms with van der Waals surface area (Å²) in [7, 11) is -0.885. The normalized spacial score (nSPS) is 21.3. The number of hydrogen-bond acceptors (Lipinski definition) is 5. The number of anilines is 1. The molecule has 0 saturated carbocycles. The minimum atomic E-state index is -0.885. The number of nitrogens with two attached hydrogens (primary N) is 1. The van der Waals surface area contributed by atoms with E-state index in [-0.39, 0.29) is 15.5 Å². The van der Waals surface area contributed by atoms with Crippen LogP contribution in [0.5, 0.6) is 0 Å². The van der Waals surface area contributed by atoms with E-state index in [4.69, 9.17) is 17.3 Å². The summed E-state index contributed by atoms with van der Waals surface area (Å²) >= 11 is 5.79. The average Bonchev–Trinajstić information content (AvgIpc) is 2.48. The SMILES string of the molecule is CCC1(CC)CN(c2nnc(Cl)cc2C(N)=O)CCS1=O. The molecule has 1 aliphatic rings. The van der Waals surface area contributed by atoms with E-state index in [9.17, 15) is 9.00 Å². The molecular weight excluding hydrogens is 312 g/mol. The molecule has 0 aliphatic carbocycles. The second kappa shape index (κ2) is 6.27. The van der Waals surface area contributed by atoms with Crippen molar-refractivity contribution in [3.63, 3.8) is 0 Å². The van der Waals surface area contributed by atoms with Crippen molar-refractivity contribution in [2.75, 3.05) is 23.7 Å². The van der Waals surface area contributed by atoms with Gasteiger partial charge in [-0.15, -0.1) is 10.2 Å². The van der Waals surface area contributed by atoms with Crippen molar-refractivity contribution in [1.82, 2.24) is 10.2 Å². The van der Waals surface area contributed by atoms with Crippen molar-refractivity contribution in [3.05, 3.63) is 16.8 Å². The second-order valence-electron chi connectivity index (χ2n) is 5.13. The third-order valence-corrected chi connectivity index (χ3v) is 6.52. The van der Waals surface area contributed by atoms with Gasteiger partial charge in [-0.1, -0.05) is 25.4 Å². The Balaban J connectivity index is 2.39. The predicted molar refractivity (Wildman–Crippen MR) is 84.1 cm³/mol. The summed E-state index contributed by atoms with van der Waals surface area (Å²) in [6.45, 7) is 5.20. The standard InChI is InChI=1S/C13H19ClN4O2S/c1-3-13(4-2)8-18(5-6-21(13)20)12-9(11(15)19)7-10(14)16-17-12/h7H,3-6,8H2,1-2H3,(H2,15,19). The quantitative estimate of drug-likeness (QED) is 0.900. The molecular formula is C13H19ClN4O2S.